The summed E-state index contributed by atoms with van der Waals surface area (Å²) in [5.74, 6) is -0.141. The summed E-state index contributed by atoms with van der Waals surface area (Å²) in [5, 5.41) is 3.68. The van der Waals surface area contributed by atoms with Crippen LogP contribution >= 0.6 is 12.2 Å². The van der Waals surface area contributed by atoms with Crippen LogP contribution in [0.4, 0.5) is 0 Å². The Labute approximate surface area is 162 Å². The van der Waals surface area contributed by atoms with Gasteiger partial charge in [-0.15, -0.1) is 0 Å². The van der Waals surface area contributed by atoms with Gasteiger partial charge in [-0.25, -0.2) is 0 Å². The van der Waals surface area contributed by atoms with E-state index in [2.05, 4.69) is 22.4 Å². The average Bonchev–Trinajstić information content (AvgIpc) is 2.68. The van der Waals surface area contributed by atoms with E-state index in [9.17, 15) is 9.59 Å². The molecule has 0 aliphatic heterocycles. The number of nitrogens with zero attached hydrogens (tertiary/aromatic N) is 1. The molecule has 0 spiro atoms. The summed E-state index contributed by atoms with van der Waals surface area (Å²) in [4.78, 5) is 28.4. The second-order valence-corrected chi connectivity index (χ2v) is 7.24. The Morgan fingerprint density at radius 2 is 2.11 bits per heavy atom. The molecular formula is C21H21N3O2S. The van der Waals surface area contributed by atoms with Gasteiger partial charge in [0.15, 0.2) is 4.77 Å². The van der Waals surface area contributed by atoms with Gasteiger partial charge in [-0.05, 0) is 67.7 Å². The lowest BCUT2D eigenvalue weighted by Gasteiger charge is -2.26. The van der Waals surface area contributed by atoms with E-state index in [0.29, 0.717) is 27.8 Å². The first-order valence-electron chi connectivity index (χ1n) is 9.24. The fraction of sp³-hybridized carbons (Fsp3) is 0.286. The topological polar surface area (TPSA) is 66.9 Å². The van der Waals surface area contributed by atoms with Crippen LogP contribution in [0, 0.1) is 4.77 Å². The van der Waals surface area contributed by atoms with Gasteiger partial charge in [0.05, 0.1) is 16.9 Å². The van der Waals surface area contributed by atoms with Gasteiger partial charge in [0.1, 0.15) is 0 Å². The maximum atomic E-state index is 12.8. The first-order valence-corrected chi connectivity index (χ1v) is 9.65. The molecule has 27 heavy (non-hydrogen) atoms. The summed E-state index contributed by atoms with van der Waals surface area (Å²) in [6, 6.07) is 13.4. The zero-order chi connectivity index (χ0) is 19.0. The largest absolute Gasteiger partial charge is 0.345 e. The van der Waals surface area contributed by atoms with Crippen LogP contribution in [0.1, 0.15) is 47.3 Å². The summed E-state index contributed by atoms with van der Waals surface area (Å²) in [5.41, 5.74) is 3.47. The Hall–Kier alpha value is -2.73. The van der Waals surface area contributed by atoms with Gasteiger partial charge in [0.25, 0.3) is 11.5 Å². The zero-order valence-electron chi connectivity index (χ0n) is 15.1. The van der Waals surface area contributed by atoms with E-state index in [4.69, 9.17) is 12.2 Å². The number of carbonyl (C=O) groups is 1. The quantitative estimate of drug-likeness (QED) is 0.679. The average molecular weight is 379 g/mol. The highest BCUT2D eigenvalue weighted by molar-refractivity contribution is 7.71. The Bertz CT molecular complexity index is 1150. The molecule has 6 heteroatoms. The monoisotopic (exact) mass is 379 g/mol. The zero-order valence-corrected chi connectivity index (χ0v) is 15.9. The van der Waals surface area contributed by atoms with Crippen molar-refractivity contribution < 1.29 is 4.79 Å². The third kappa shape index (κ3) is 3.21. The first kappa shape index (κ1) is 17.7. The van der Waals surface area contributed by atoms with E-state index in [-0.39, 0.29) is 17.5 Å². The Balaban J connectivity index is 1.66. The first-order chi connectivity index (χ1) is 13.1. The number of fused-ring (bicyclic) bond motifs is 2. The van der Waals surface area contributed by atoms with Crippen LogP contribution in [0.3, 0.4) is 0 Å². The highest BCUT2D eigenvalue weighted by Crippen LogP contribution is 2.29. The van der Waals surface area contributed by atoms with Crippen molar-refractivity contribution in [1.82, 2.24) is 14.9 Å². The maximum absolute atomic E-state index is 12.8. The molecule has 1 unspecified atom stereocenters. The van der Waals surface area contributed by atoms with Crippen molar-refractivity contribution in [2.75, 3.05) is 0 Å². The molecule has 0 saturated carbocycles. The molecule has 2 N–H and O–H groups in total. The number of carbonyl (C=O) groups excluding carboxylic acids is 1. The number of benzene rings is 2. The molecule has 138 valence electrons. The minimum absolute atomic E-state index is 0.0183. The number of rotatable bonds is 3. The highest BCUT2D eigenvalue weighted by atomic mass is 32.1. The molecule has 1 heterocycles. The molecule has 0 radical (unpaired) electrons. The summed E-state index contributed by atoms with van der Waals surface area (Å²) in [6.07, 6.45) is 3.04. The SMILES string of the molecule is CCn1c(=S)[nH]c2cc(C(=O)NC3CCCc4ccccc43)ccc2c1=O. The van der Waals surface area contributed by atoms with Crippen molar-refractivity contribution in [2.24, 2.45) is 0 Å². The fourth-order valence-corrected chi connectivity index (χ4v) is 4.15. The van der Waals surface area contributed by atoms with E-state index < -0.39 is 0 Å². The smallest absolute Gasteiger partial charge is 0.262 e. The Morgan fingerprint density at radius 1 is 1.30 bits per heavy atom. The molecule has 1 amide bonds. The summed E-state index contributed by atoms with van der Waals surface area (Å²) in [7, 11) is 0. The van der Waals surface area contributed by atoms with Gasteiger partial charge in [-0.1, -0.05) is 24.3 Å². The summed E-state index contributed by atoms with van der Waals surface area (Å²) in [6.45, 7) is 2.38. The third-order valence-electron chi connectivity index (χ3n) is 5.24. The predicted molar refractivity (Wildman–Crippen MR) is 109 cm³/mol. The molecule has 3 aromatic rings. The van der Waals surface area contributed by atoms with Gasteiger partial charge in [-0.2, -0.15) is 0 Å². The lowest BCUT2D eigenvalue weighted by molar-refractivity contribution is 0.0933. The fourth-order valence-electron chi connectivity index (χ4n) is 3.83. The molecule has 1 aromatic heterocycles. The van der Waals surface area contributed by atoms with Crippen LogP contribution in [0.5, 0.6) is 0 Å². The van der Waals surface area contributed by atoms with Gasteiger partial charge in [-0.3, -0.25) is 14.2 Å². The Kier molecular flexibility index (Phi) is 4.66. The Morgan fingerprint density at radius 3 is 2.93 bits per heavy atom. The standard InChI is InChI=1S/C21H21N3O2S/c1-2-24-20(26)16-11-10-14(12-18(16)23-21(24)27)19(25)22-17-9-5-7-13-6-3-4-8-15(13)17/h3-4,6,8,10-12,17H,2,5,7,9H2,1H3,(H,22,25)(H,23,27). The molecule has 1 aliphatic carbocycles. The number of hydrogen-bond donors (Lipinski definition) is 2. The van der Waals surface area contributed by atoms with Gasteiger partial charge in [0.2, 0.25) is 0 Å². The number of hydrogen-bond acceptors (Lipinski definition) is 3. The number of amides is 1. The second kappa shape index (κ2) is 7.12. The van der Waals surface area contributed by atoms with Gasteiger partial charge in [0, 0.05) is 12.1 Å². The van der Waals surface area contributed by atoms with Crippen molar-refractivity contribution in [3.05, 3.63) is 74.3 Å². The van der Waals surface area contributed by atoms with Gasteiger partial charge >= 0.3 is 0 Å². The maximum Gasteiger partial charge on any atom is 0.262 e. The van der Waals surface area contributed by atoms with E-state index in [1.807, 2.05) is 19.1 Å². The minimum atomic E-state index is -0.141. The van der Waals surface area contributed by atoms with Crippen molar-refractivity contribution >= 4 is 29.0 Å². The predicted octanol–water partition coefficient (Wildman–Crippen LogP) is 3.89. The highest BCUT2D eigenvalue weighted by Gasteiger charge is 2.22. The molecule has 1 aliphatic rings. The van der Waals surface area contributed by atoms with Crippen molar-refractivity contribution in [2.45, 2.75) is 38.8 Å². The summed E-state index contributed by atoms with van der Waals surface area (Å²) < 4.78 is 1.88. The molecule has 2 aromatic carbocycles. The molecular weight excluding hydrogens is 358 g/mol. The summed E-state index contributed by atoms with van der Waals surface area (Å²) >= 11 is 5.26. The van der Waals surface area contributed by atoms with Crippen molar-refractivity contribution in [3.8, 4) is 0 Å². The minimum Gasteiger partial charge on any atom is -0.345 e. The number of H-pyrrole nitrogens is 1. The van der Waals surface area contributed by atoms with E-state index in [1.165, 1.54) is 15.7 Å². The molecule has 0 saturated heterocycles. The van der Waals surface area contributed by atoms with Crippen LogP contribution in [0.2, 0.25) is 0 Å². The molecule has 1 atom stereocenters. The lowest BCUT2D eigenvalue weighted by Crippen LogP contribution is -2.31. The van der Waals surface area contributed by atoms with E-state index in [1.54, 1.807) is 18.2 Å². The molecule has 0 fully saturated rings. The molecule has 4 rings (SSSR count). The van der Waals surface area contributed by atoms with Crippen molar-refractivity contribution in [1.29, 1.82) is 0 Å². The van der Waals surface area contributed by atoms with Crippen LogP contribution in [-0.2, 0) is 13.0 Å². The van der Waals surface area contributed by atoms with E-state index in [0.717, 1.165) is 19.3 Å². The number of aromatic nitrogens is 2. The lowest BCUT2D eigenvalue weighted by atomic mass is 9.87. The number of aromatic amines is 1. The van der Waals surface area contributed by atoms with Crippen LogP contribution in [-0.4, -0.2) is 15.5 Å². The van der Waals surface area contributed by atoms with Crippen LogP contribution in [0.15, 0.2) is 47.3 Å². The number of nitrogens with one attached hydrogen (secondary N) is 2. The van der Waals surface area contributed by atoms with E-state index >= 15 is 0 Å². The third-order valence-corrected chi connectivity index (χ3v) is 5.56. The van der Waals surface area contributed by atoms with Gasteiger partial charge < -0.3 is 10.3 Å². The normalized spacial score (nSPS) is 16.1. The number of aryl methyl sites for hydroxylation is 1. The molecule has 5 nitrogen and oxygen atoms in total. The molecule has 0 bridgehead atoms. The van der Waals surface area contributed by atoms with Crippen LogP contribution < -0.4 is 10.9 Å². The second-order valence-electron chi connectivity index (χ2n) is 6.86. The van der Waals surface area contributed by atoms with Crippen molar-refractivity contribution in [3.63, 3.8) is 0 Å². The van der Waals surface area contributed by atoms with Crippen LogP contribution in [0.25, 0.3) is 10.9 Å².